The third-order valence-electron chi connectivity index (χ3n) is 4.74. The van der Waals surface area contributed by atoms with Crippen LogP contribution in [0.15, 0.2) is 0 Å². The first kappa shape index (κ1) is 15.9. The SMILES string of the molecule is CC1(CNC(=O)N2CCC(C(=O)O)(C(F)(F)F)C2)CCC1. The molecule has 0 bridgehead atoms. The Balaban J connectivity index is 1.97. The third kappa shape index (κ3) is 2.80. The van der Waals surface area contributed by atoms with Crippen molar-refractivity contribution >= 4 is 12.0 Å². The molecule has 2 N–H and O–H groups in total. The van der Waals surface area contributed by atoms with Crippen LogP contribution in [0.4, 0.5) is 18.0 Å². The number of carboxylic acid groups (broad SMARTS) is 1. The smallest absolute Gasteiger partial charge is 0.406 e. The number of carbonyl (C=O) groups excluding carboxylic acids is 1. The lowest BCUT2D eigenvalue weighted by molar-refractivity contribution is -0.226. The number of carbonyl (C=O) groups is 2. The predicted octanol–water partition coefficient (Wildman–Crippen LogP) is 2.23. The van der Waals surface area contributed by atoms with Gasteiger partial charge in [-0.2, -0.15) is 13.2 Å². The predicted molar refractivity (Wildman–Crippen MR) is 67.7 cm³/mol. The lowest BCUT2D eigenvalue weighted by Crippen LogP contribution is -2.50. The van der Waals surface area contributed by atoms with Crippen molar-refractivity contribution in [1.82, 2.24) is 10.2 Å². The van der Waals surface area contributed by atoms with Crippen LogP contribution in [0.5, 0.6) is 0 Å². The van der Waals surface area contributed by atoms with Crippen LogP contribution < -0.4 is 5.32 Å². The van der Waals surface area contributed by atoms with E-state index in [2.05, 4.69) is 5.32 Å². The number of rotatable bonds is 3. The van der Waals surface area contributed by atoms with E-state index in [1.165, 1.54) is 0 Å². The lowest BCUT2D eigenvalue weighted by Gasteiger charge is -2.38. The highest BCUT2D eigenvalue weighted by Gasteiger charge is 2.64. The van der Waals surface area contributed by atoms with Crippen molar-refractivity contribution in [3.05, 3.63) is 0 Å². The zero-order valence-corrected chi connectivity index (χ0v) is 11.8. The van der Waals surface area contributed by atoms with Gasteiger partial charge in [0.05, 0.1) is 0 Å². The van der Waals surface area contributed by atoms with Crippen molar-refractivity contribution in [1.29, 1.82) is 0 Å². The third-order valence-corrected chi connectivity index (χ3v) is 4.74. The molecule has 21 heavy (non-hydrogen) atoms. The van der Waals surface area contributed by atoms with Crippen LogP contribution in [-0.4, -0.2) is 47.8 Å². The zero-order valence-electron chi connectivity index (χ0n) is 11.8. The quantitative estimate of drug-likeness (QED) is 0.840. The Hall–Kier alpha value is -1.47. The summed E-state index contributed by atoms with van der Waals surface area (Å²) in [5.41, 5.74) is -2.83. The molecule has 0 aromatic rings. The van der Waals surface area contributed by atoms with Crippen molar-refractivity contribution in [2.45, 2.75) is 38.8 Å². The number of carboxylic acids is 1. The van der Waals surface area contributed by atoms with Crippen molar-refractivity contribution in [3.63, 3.8) is 0 Å². The minimum Gasteiger partial charge on any atom is -0.481 e. The van der Waals surface area contributed by atoms with E-state index in [4.69, 9.17) is 5.11 Å². The summed E-state index contributed by atoms with van der Waals surface area (Å²) in [7, 11) is 0. The van der Waals surface area contributed by atoms with Crippen molar-refractivity contribution in [2.24, 2.45) is 10.8 Å². The number of nitrogens with zero attached hydrogens (tertiary/aromatic N) is 1. The van der Waals surface area contributed by atoms with E-state index in [-0.39, 0.29) is 12.0 Å². The van der Waals surface area contributed by atoms with Crippen molar-refractivity contribution in [3.8, 4) is 0 Å². The van der Waals surface area contributed by atoms with Gasteiger partial charge in [0, 0.05) is 19.6 Å². The van der Waals surface area contributed by atoms with Gasteiger partial charge in [-0.3, -0.25) is 4.79 Å². The summed E-state index contributed by atoms with van der Waals surface area (Å²) in [6.07, 6.45) is -2.42. The number of likely N-dealkylation sites (tertiary alicyclic amines) is 1. The molecule has 1 saturated heterocycles. The van der Waals surface area contributed by atoms with E-state index in [1.54, 1.807) is 0 Å². The molecule has 0 aromatic carbocycles. The largest absolute Gasteiger partial charge is 0.481 e. The maximum absolute atomic E-state index is 13.0. The molecule has 1 heterocycles. The first-order valence-corrected chi connectivity index (χ1v) is 6.93. The minimum absolute atomic E-state index is 0.0172. The molecule has 1 aliphatic heterocycles. The molecule has 0 radical (unpaired) electrons. The number of halogens is 3. The zero-order chi connectivity index (χ0) is 15.9. The first-order valence-electron chi connectivity index (χ1n) is 6.93. The normalized spacial score (nSPS) is 28.1. The molecule has 5 nitrogen and oxygen atoms in total. The molecule has 2 fully saturated rings. The summed E-state index contributed by atoms with van der Waals surface area (Å²) in [6, 6.07) is -0.615. The summed E-state index contributed by atoms with van der Waals surface area (Å²) in [5.74, 6) is -1.92. The molecular weight excluding hydrogens is 289 g/mol. The van der Waals surface area contributed by atoms with Crippen LogP contribution in [-0.2, 0) is 4.79 Å². The number of aliphatic carboxylic acids is 1. The Morgan fingerprint density at radius 2 is 1.90 bits per heavy atom. The van der Waals surface area contributed by atoms with Gasteiger partial charge < -0.3 is 15.3 Å². The van der Waals surface area contributed by atoms with E-state index in [0.717, 1.165) is 24.2 Å². The van der Waals surface area contributed by atoms with E-state index in [0.29, 0.717) is 6.54 Å². The summed E-state index contributed by atoms with van der Waals surface area (Å²) in [5, 5.41) is 11.5. The fraction of sp³-hybridized carbons (Fsp3) is 0.846. The Morgan fingerprint density at radius 3 is 2.29 bits per heavy atom. The van der Waals surface area contributed by atoms with E-state index >= 15 is 0 Å². The number of hydrogen-bond acceptors (Lipinski definition) is 2. The number of amides is 2. The Morgan fingerprint density at radius 1 is 1.29 bits per heavy atom. The molecular formula is C13H19F3N2O3. The Bertz CT molecular complexity index is 448. The monoisotopic (exact) mass is 308 g/mol. The molecule has 8 heteroatoms. The van der Waals surface area contributed by atoms with Crippen LogP contribution in [0.25, 0.3) is 0 Å². The van der Waals surface area contributed by atoms with Gasteiger partial charge in [0.2, 0.25) is 0 Å². The molecule has 120 valence electrons. The van der Waals surface area contributed by atoms with Gasteiger partial charge in [-0.15, -0.1) is 0 Å². The maximum atomic E-state index is 13.0. The van der Waals surface area contributed by atoms with Crippen molar-refractivity contribution in [2.75, 3.05) is 19.6 Å². The van der Waals surface area contributed by atoms with Crippen molar-refractivity contribution < 1.29 is 27.9 Å². The molecule has 1 atom stereocenters. The van der Waals surface area contributed by atoms with E-state index < -0.39 is 36.6 Å². The Kier molecular flexibility index (Phi) is 3.84. The van der Waals surface area contributed by atoms with Gasteiger partial charge in [-0.25, -0.2) is 4.79 Å². The molecule has 1 unspecified atom stereocenters. The first-order chi connectivity index (χ1) is 9.60. The second kappa shape index (κ2) is 5.06. The fourth-order valence-corrected chi connectivity index (χ4v) is 2.87. The number of alkyl halides is 3. The van der Waals surface area contributed by atoms with Crippen LogP contribution in [0, 0.1) is 10.8 Å². The minimum atomic E-state index is -4.87. The molecule has 0 aromatic heterocycles. The van der Waals surface area contributed by atoms with E-state index in [1.807, 2.05) is 6.92 Å². The second-order valence-electron chi connectivity index (χ2n) is 6.38. The molecule has 2 aliphatic rings. The summed E-state index contributed by atoms with van der Waals surface area (Å²) >= 11 is 0. The number of hydrogen-bond donors (Lipinski definition) is 2. The molecule has 2 amide bonds. The van der Waals surface area contributed by atoms with Crippen LogP contribution in [0.1, 0.15) is 32.6 Å². The van der Waals surface area contributed by atoms with Gasteiger partial charge in [0.15, 0.2) is 5.41 Å². The van der Waals surface area contributed by atoms with Gasteiger partial charge in [0.1, 0.15) is 0 Å². The van der Waals surface area contributed by atoms with E-state index in [9.17, 15) is 22.8 Å². The summed E-state index contributed by atoms with van der Waals surface area (Å²) < 4.78 is 39.0. The van der Waals surface area contributed by atoms with Gasteiger partial charge in [-0.05, 0) is 24.7 Å². The van der Waals surface area contributed by atoms with Gasteiger partial charge >= 0.3 is 18.2 Å². The highest BCUT2D eigenvalue weighted by Crippen LogP contribution is 2.45. The van der Waals surface area contributed by atoms with Gasteiger partial charge in [-0.1, -0.05) is 13.3 Å². The lowest BCUT2D eigenvalue weighted by atomic mass is 9.70. The number of nitrogens with one attached hydrogen (secondary N) is 1. The average Bonchev–Trinajstić information content (AvgIpc) is 2.79. The summed E-state index contributed by atoms with van der Waals surface area (Å²) in [6.45, 7) is 1.40. The summed E-state index contributed by atoms with van der Waals surface area (Å²) in [4.78, 5) is 23.9. The molecule has 0 spiro atoms. The Labute approximate surface area is 120 Å². The molecule has 1 aliphatic carbocycles. The topological polar surface area (TPSA) is 69.6 Å². The molecule has 1 saturated carbocycles. The fourth-order valence-electron chi connectivity index (χ4n) is 2.87. The van der Waals surface area contributed by atoms with Gasteiger partial charge in [0.25, 0.3) is 0 Å². The molecule has 2 rings (SSSR count). The second-order valence-corrected chi connectivity index (χ2v) is 6.38. The standard InChI is InChI=1S/C13H19F3N2O3/c1-11(3-2-4-11)7-17-10(21)18-6-5-12(8-18,9(19)20)13(14,15)16/h2-8H2,1H3,(H,17,21)(H,19,20). The highest BCUT2D eigenvalue weighted by molar-refractivity contribution is 5.80. The highest BCUT2D eigenvalue weighted by atomic mass is 19.4. The van der Waals surface area contributed by atoms with Crippen LogP contribution in [0.3, 0.4) is 0 Å². The van der Waals surface area contributed by atoms with Crippen LogP contribution in [0.2, 0.25) is 0 Å². The average molecular weight is 308 g/mol. The number of urea groups is 1. The van der Waals surface area contributed by atoms with Crippen LogP contribution >= 0.6 is 0 Å². The maximum Gasteiger partial charge on any atom is 0.406 e.